The second-order valence-electron chi connectivity index (χ2n) is 4.90. The van der Waals surface area contributed by atoms with E-state index in [1.807, 2.05) is 24.4 Å². The SMILES string of the molecule is CC(NC(=O)NCCc1cccs1)c1ccc(OC(F)F)cc1. The lowest BCUT2D eigenvalue weighted by Crippen LogP contribution is -2.37. The van der Waals surface area contributed by atoms with E-state index in [4.69, 9.17) is 0 Å². The normalized spacial score (nSPS) is 12.0. The number of carbonyl (C=O) groups is 1. The van der Waals surface area contributed by atoms with Crippen LogP contribution in [0.1, 0.15) is 23.4 Å². The van der Waals surface area contributed by atoms with Crippen LogP contribution in [0.3, 0.4) is 0 Å². The number of halogens is 2. The Morgan fingerprint density at radius 1 is 1.26 bits per heavy atom. The van der Waals surface area contributed by atoms with Crippen LogP contribution in [0.2, 0.25) is 0 Å². The lowest BCUT2D eigenvalue weighted by molar-refractivity contribution is -0.0498. The zero-order chi connectivity index (χ0) is 16.7. The largest absolute Gasteiger partial charge is 0.435 e. The molecule has 1 atom stereocenters. The van der Waals surface area contributed by atoms with Crippen molar-refractivity contribution in [3.63, 3.8) is 0 Å². The number of amides is 2. The molecule has 0 saturated heterocycles. The predicted molar refractivity (Wildman–Crippen MR) is 86.0 cm³/mol. The first-order chi connectivity index (χ1) is 11.0. The van der Waals surface area contributed by atoms with Gasteiger partial charge in [0.1, 0.15) is 5.75 Å². The van der Waals surface area contributed by atoms with Gasteiger partial charge in [-0.3, -0.25) is 0 Å². The number of rotatable bonds is 7. The number of carbonyl (C=O) groups excluding carboxylic acids is 1. The number of urea groups is 1. The van der Waals surface area contributed by atoms with Gasteiger partial charge < -0.3 is 15.4 Å². The lowest BCUT2D eigenvalue weighted by Gasteiger charge is -2.15. The molecule has 0 bridgehead atoms. The van der Waals surface area contributed by atoms with Crippen molar-refractivity contribution in [1.29, 1.82) is 0 Å². The van der Waals surface area contributed by atoms with Gasteiger partial charge in [0.15, 0.2) is 0 Å². The zero-order valence-electron chi connectivity index (χ0n) is 12.6. The van der Waals surface area contributed by atoms with Gasteiger partial charge in [0.2, 0.25) is 0 Å². The first kappa shape index (κ1) is 17.2. The van der Waals surface area contributed by atoms with Gasteiger partial charge in [-0.05, 0) is 42.5 Å². The molecule has 0 spiro atoms. The van der Waals surface area contributed by atoms with Crippen LogP contribution in [-0.4, -0.2) is 19.2 Å². The van der Waals surface area contributed by atoms with Crippen molar-refractivity contribution >= 4 is 17.4 Å². The summed E-state index contributed by atoms with van der Waals surface area (Å²) in [7, 11) is 0. The van der Waals surface area contributed by atoms with Gasteiger partial charge in [-0.25, -0.2) is 4.79 Å². The van der Waals surface area contributed by atoms with Gasteiger partial charge in [-0.2, -0.15) is 8.78 Å². The van der Waals surface area contributed by atoms with E-state index in [1.165, 1.54) is 17.0 Å². The first-order valence-corrected chi connectivity index (χ1v) is 8.04. The minimum absolute atomic E-state index is 0.0938. The highest BCUT2D eigenvalue weighted by atomic mass is 32.1. The number of ether oxygens (including phenoxy) is 1. The van der Waals surface area contributed by atoms with E-state index in [0.29, 0.717) is 6.54 Å². The summed E-state index contributed by atoms with van der Waals surface area (Å²) in [5.74, 6) is 0.0938. The number of nitrogens with one attached hydrogen (secondary N) is 2. The zero-order valence-corrected chi connectivity index (χ0v) is 13.4. The Bertz CT molecular complexity index is 603. The van der Waals surface area contributed by atoms with Gasteiger partial charge in [0.25, 0.3) is 0 Å². The molecule has 2 amide bonds. The molecule has 2 N–H and O–H groups in total. The highest BCUT2D eigenvalue weighted by Gasteiger charge is 2.10. The molecule has 0 radical (unpaired) electrons. The summed E-state index contributed by atoms with van der Waals surface area (Å²) < 4.78 is 28.5. The second-order valence-corrected chi connectivity index (χ2v) is 5.93. The Labute approximate surface area is 137 Å². The average molecular weight is 340 g/mol. The second kappa shape index (κ2) is 8.47. The summed E-state index contributed by atoms with van der Waals surface area (Å²) in [5.41, 5.74) is 0.806. The fourth-order valence-electron chi connectivity index (χ4n) is 2.02. The highest BCUT2D eigenvalue weighted by Crippen LogP contribution is 2.19. The molecule has 1 unspecified atom stereocenters. The van der Waals surface area contributed by atoms with Gasteiger partial charge in [0, 0.05) is 11.4 Å². The molecule has 1 aromatic carbocycles. The van der Waals surface area contributed by atoms with Gasteiger partial charge in [-0.1, -0.05) is 18.2 Å². The summed E-state index contributed by atoms with van der Waals surface area (Å²) in [6, 6.07) is 9.70. The summed E-state index contributed by atoms with van der Waals surface area (Å²) in [5, 5.41) is 7.59. The maximum atomic E-state index is 12.1. The van der Waals surface area contributed by atoms with Crippen molar-refractivity contribution in [3.05, 3.63) is 52.2 Å². The number of benzene rings is 1. The van der Waals surface area contributed by atoms with Gasteiger partial charge >= 0.3 is 12.6 Å². The van der Waals surface area contributed by atoms with Crippen molar-refractivity contribution in [3.8, 4) is 5.75 Å². The Hall–Kier alpha value is -2.15. The standard InChI is InChI=1S/C16H18F2N2O2S/c1-11(12-4-6-13(7-5-12)22-15(17)18)20-16(21)19-9-8-14-3-2-10-23-14/h2-7,10-11,15H,8-9H2,1H3,(H2,19,20,21). The van der Waals surface area contributed by atoms with E-state index < -0.39 is 6.61 Å². The number of hydrogen-bond acceptors (Lipinski definition) is 3. The van der Waals surface area contributed by atoms with Crippen LogP contribution in [-0.2, 0) is 6.42 Å². The number of thiophene rings is 1. The van der Waals surface area contributed by atoms with E-state index in [-0.39, 0.29) is 17.8 Å². The third kappa shape index (κ3) is 5.86. The van der Waals surface area contributed by atoms with Gasteiger partial charge in [0.05, 0.1) is 6.04 Å². The van der Waals surface area contributed by atoms with E-state index in [0.717, 1.165) is 12.0 Å². The van der Waals surface area contributed by atoms with Crippen molar-refractivity contribution in [2.24, 2.45) is 0 Å². The maximum Gasteiger partial charge on any atom is 0.387 e. The van der Waals surface area contributed by atoms with Crippen molar-refractivity contribution in [2.75, 3.05) is 6.54 Å². The molecule has 23 heavy (non-hydrogen) atoms. The maximum absolute atomic E-state index is 12.1. The van der Waals surface area contributed by atoms with E-state index >= 15 is 0 Å². The topological polar surface area (TPSA) is 50.4 Å². The molecule has 0 saturated carbocycles. The number of alkyl halides is 2. The molecule has 2 rings (SSSR count). The summed E-state index contributed by atoms with van der Waals surface area (Å²) in [4.78, 5) is 13.0. The molecular formula is C16H18F2N2O2S. The molecule has 0 aliphatic rings. The lowest BCUT2D eigenvalue weighted by atomic mass is 10.1. The first-order valence-electron chi connectivity index (χ1n) is 7.16. The van der Waals surface area contributed by atoms with Crippen molar-refractivity contribution in [1.82, 2.24) is 10.6 Å². The Balaban J connectivity index is 1.76. The molecular weight excluding hydrogens is 322 g/mol. The molecule has 2 aromatic rings. The van der Waals surface area contributed by atoms with Gasteiger partial charge in [-0.15, -0.1) is 11.3 Å². The molecule has 0 aliphatic carbocycles. The molecule has 7 heteroatoms. The fourth-order valence-corrected chi connectivity index (χ4v) is 2.73. The van der Waals surface area contributed by atoms with Crippen LogP contribution in [0, 0.1) is 0 Å². The van der Waals surface area contributed by atoms with Crippen LogP contribution in [0.25, 0.3) is 0 Å². The highest BCUT2D eigenvalue weighted by molar-refractivity contribution is 7.09. The van der Waals surface area contributed by atoms with E-state index in [2.05, 4.69) is 15.4 Å². The van der Waals surface area contributed by atoms with Crippen LogP contribution >= 0.6 is 11.3 Å². The molecule has 0 fully saturated rings. The van der Waals surface area contributed by atoms with Crippen LogP contribution in [0.4, 0.5) is 13.6 Å². The third-order valence-electron chi connectivity index (χ3n) is 3.19. The molecule has 4 nitrogen and oxygen atoms in total. The molecule has 0 aliphatic heterocycles. The Morgan fingerprint density at radius 2 is 2.00 bits per heavy atom. The Morgan fingerprint density at radius 3 is 2.61 bits per heavy atom. The molecule has 1 aromatic heterocycles. The van der Waals surface area contributed by atoms with E-state index in [9.17, 15) is 13.6 Å². The third-order valence-corrected chi connectivity index (χ3v) is 4.13. The van der Waals surface area contributed by atoms with Crippen LogP contribution in [0.15, 0.2) is 41.8 Å². The minimum atomic E-state index is -2.84. The molecule has 1 heterocycles. The van der Waals surface area contributed by atoms with Crippen molar-refractivity contribution < 1.29 is 18.3 Å². The monoisotopic (exact) mass is 340 g/mol. The van der Waals surface area contributed by atoms with Crippen LogP contribution in [0.5, 0.6) is 5.75 Å². The fraction of sp³-hybridized carbons (Fsp3) is 0.312. The smallest absolute Gasteiger partial charge is 0.387 e. The average Bonchev–Trinajstić information content (AvgIpc) is 3.00. The quantitative estimate of drug-likeness (QED) is 0.802. The molecule has 124 valence electrons. The summed E-state index contributed by atoms with van der Waals surface area (Å²) >= 11 is 1.65. The summed E-state index contributed by atoms with van der Waals surface area (Å²) in [6.45, 7) is -0.465. The Kier molecular flexibility index (Phi) is 6.34. The summed E-state index contributed by atoms with van der Waals surface area (Å²) in [6.07, 6.45) is 0.791. The van der Waals surface area contributed by atoms with Crippen molar-refractivity contribution in [2.45, 2.75) is 26.0 Å². The minimum Gasteiger partial charge on any atom is -0.435 e. The van der Waals surface area contributed by atoms with Crippen LogP contribution < -0.4 is 15.4 Å². The number of hydrogen-bond donors (Lipinski definition) is 2. The van der Waals surface area contributed by atoms with E-state index in [1.54, 1.807) is 23.5 Å². The predicted octanol–water partition coefficient (Wildman–Crippen LogP) is 3.95.